The van der Waals surface area contributed by atoms with Crippen molar-refractivity contribution in [2.24, 2.45) is 0 Å². The van der Waals surface area contributed by atoms with Gasteiger partial charge in [-0.25, -0.2) is 10.2 Å². The van der Waals surface area contributed by atoms with Crippen LogP contribution in [-0.4, -0.2) is 23.6 Å². The lowest BCUT2D eigenvalue weighted by molar-refractivity contribution is 0.0912. The van der Waals surface area contributed by atoms with E-state index in [4.69, 9.17) is 0 Å². The summed E-state index contributed by atoms with van der Waals surface area (Å²) in [5, 5.41) is 0.877. The number of hydrogen-bond acceptors (Lipinski definition) is 4. The van der Waals surface area contributed by atoms with Crippen LogP contribution in [0.5, 0.6) is 0 Å². The van der Waals surface area contributed by atoms with Crippen molar-refractivity contribution in [3.05, 3.63) is 41.1 Å². The largest absolute Gasteiger partial charge is 0.449 e. The van der Waals surface area contributed by atoms with E-state index in [0.29, 0.717) is 11.3 Å². The van der Waals surface area contributed by atoms with Gasteiger partial charge in [0.1, 0.15) is 0 Å². The number of fused-ring (bicyclic) bond motifs is 1. The number of pyridine rings is 1. The molecule has 0 saturated carbocycles. The zero-order valence-electron chi connectivity index (χ0n) is 12.2. The lowest BCUT2D eigenvalue weighted by Gasteiger charge is -2.10. The van der Waals surface area contributed by atoms with E-state index < -0.39 is 12.0 Å². The Hall–Kier alpha value is -2.63. The van der Waals surface area contributed by atoms with Crippen LogP contribution in [0.3, 0.4) is 0 Å². The number of benzene rings is 1. The fraction of sp³-hybridized carbons (Fsp3) is 0.267. The van der Waals surface area contributed by atoms with Gasteiger partial charge >= 0.3 is 6.09 Å². The maximum Gasteiger partial charge on any atom is 0.426 e. The molecule has 1 aromatic carbocycles. The standard InChI is InChI=1S/C15H17N3O3/c1-4-21-15(20)18-17-14(19)12-8-11-7-9(2)5-6-13(11)16-10(12)3/h5-8H,4H2,1-3H3,(H,17,19)(H,18,20). The molecule has 0 bridgehead atoms. The first-order valence-electron chi connectivity index (χ1n) is 6.62. The second-order valence-corrected chi connectivity index (χ2v) is 4.62. The zero-order chi connectivity index (χ0) is 15.4. The van der Waals surface area contributed by atoms with Gasteiger partial charge in [-0.15, -0.1) is 0 Å². The van der Waals surface area contributed by atoms with Crippen LogP contribution in [0.1, 0.15) is 28.5 Å². The van der Waals surface area contributed by atoms with Gasteiger partial charge in [-0.2, -0.15) is 0 Å². The third kappa shape index (κ3) is 3.47. The molecule has 0 unspecified atom stereocenters. The minimum Gasteiger partial charge on any atom is -0.449 e. The molecule has 0 aliphatic heterocycles. The molecule has 0 spiro atoms. The van der Waals surface area contributed by atoms with Gasteiger partial charge < -0.3 is 4.74 Å². The van der Waals surface area contributed by atoms with E-state index >= 15 is 0 Å². The van der Waals surface area contributed by atoms with Crippen LogP contribution in [0, 0.1) is 13.8 Å². The molecule has 1 heterocycles. The van der Waals surface area contributed by atoms with Gasteiger partial charge in [0.2, 0.25) is 0 Å². The maximum absolute atomic E-state index is 12.1. The number of nitrogens with zero attached hydrogens (tertiary/aromatic N) is 1. The molecular formula is C15H17N3O3. The van der Waals surface area contributed by atoms with E-state index in [-0.39, 0.29) is 6.61 Å². The Bertz CT molecular complexity index is 698. The predicted molar refractivity (Wildman–Crippen MR) is 78.8 cm³/mol. The molecular weight excluding hydrogens is 270 g/mol. The number of nitrogens with one attached hydrogen (secondary N) is 2. The molecule has 2 rings (SSSR count). The number of aryl methyl sites for hydroxylation is 2. The monoisotopic (exact) mass is 287 g/mol. The van der Waals surface area contributed by atoms with Crippen molar-refractivity contribution >= 4 is 22.9 Å². The van der Waals surface area contributed by atoms with Crippen LogP contribution in [0.2, 0.25) is 0 Å². The minimum absolute atomic E-state index is 0.234. The van der Waals surface area contributed by atoms with Crippen molar-refractivity contribution in [2.75, 3.05) is 6.61 Å². The first kappa shape index (κ1) is 14.8. The number of amides is 2. The normalized spacial score (nSPS) is 10.2. The summed E-state index contributed by atoms with van der Waals surface area (Å²) in [4.78, 5) is 27.6. The van der Waals surface area contributed by atoms with Crippen molar-refractivity contribution in [1.29, 1.82) is 0 Å². The Morgan fingerprint density at radius 2 is 1.95 bits per heavy atom. The van der Waals surface area contributed by atoms with Crippen molar-refractivity contribution in [3.63, 3.8) is 0 Å². The van der Waals surface area contributed by atoms with Gasteiger partial charge in [-0.3, -0.25) is 15.2 Å². The Balaban J connectivity index is 2.22. The molecule has 0 atom stereocenters. The first-order valence-corrected chi connectivity index (χ1v) is 6.62. The van der Waals surface area contributed by atoms with Crippen LogP contribution in [-0.2, 0) is 4.74 Å². The lowest BCUT2D eigenvalue weighted by Crippen LogP contribution is -2.42. The number of hydrazine groups is 1. The van der Waals surface area contributed by atoms with Crippen LogP contribution in [0.15, 0.2) is 24.3 Å². The lowest BCUT2D eigenvalue weighted by atomic mass is 10.1. The highest BCUT2D eigenvalue weighted by Crippen LogP contribution is 2.17. The van der Waals surface area contributed by atoms with E-state index in [0.717, 1.165) is 16.5 Å². The number of rotatable bonds is 2. The third-order valence-corrected chi connectivity index (χ3v) is 2.96. The van der Waals surface area contributed by atoms with E-state index in [9.17, 15) is 9.59 Å². The predicted octanol–water partition coefficient (Wildman–Crippen LogP) is 2.24. The number of carbonyl (C=O) groups is 2. The summed E-state index contributed by atoms with van der Waals surface area (Å²) < 4.78 is 4.66. The van der Waals surface area contributed by atoms with Crippen molar-refractivity contribution in [2.45, 2.75) is 20.8 Å². The molecule has 110 valence electrons. The van der Waals surface area contributed by atoms with Gasteiger partial charge in [-0.05, 0) is 39.0 Å². The highest BCUT2D eigenvalue weighted by molar-refractivity contribution is 5.99. The third-order valence-electron chi connectivity index (χ3n) is 2.96. The molecule has 0 aliphatic carbocycles. The van der Waals surface area contributed by atoms with Crippen molar-refractivity contribution < 1.29 is 14.3 Å². The maximum atomic E-state index is 12.1. The number of ether oxygens (including phenoxy) is 1. The van der Waals surface area contributed by atoms with Gasteiger partial charge in [0, 0.05) is 5.39 Å². The Morgan fingerprint density at radius 3 is 2.67 bits per heavy atom. The molecule has 0 radical (unpaired) electrons. The van der Waals surface area contributed by atoms with E-state index in [1.165, 1.54) is 0 Å². The van der Waals surface area contributed by atoms with Crippen molar-refractivity contribution in [3.8, 4) is 0 Å². The van der Waals surface area contributed by atoms with Crippen LogP contribution in [0.25, 0.3) is 10.9 Å². The highest BCUT2D eigenvalue weighted by atomic mass is 16.5. The van der Waals surface area contributed by atoms with Gasteiger partial charge in [-0.1, -0.05) is 11.6 Å². The molecule has 2 amide bonds. The summed E-state index contributed by atoms with van der Waals surface area (Å²) in [5.41, 5.74) is 7.39. The number of carbonyl (C=O) groups excluding carboxylic acids is 2. The molecule has 6 nitrogen and oxygen atoms in total. The van der Waals surface area contributed by atoms with E-state index in [2.05, 4.69) is 20.6 Å². The fourth-order valence-corrected chi connectivity index (χ4v) is 1.96. The zero-order valence-corrected chi connectivity index (χ0v) is 12.2. The molecule has 6 heteroatoms. The average molecular weight is 287 g/mol. The molecule has 0 saturated heterocycles. The molecule has 2 N–H and O–H groups in total. The molecule has 1 aromatic heterocycles. The SMILES string of the molecule is CCOC(=O)NNC(=O)c1cc2cc(C)ccc2nc1C. The van der Waals surface area contributed by atoms with E-state index in [1.54, 1.807) is 19.9 Å². The van der Waals surface area contributed by atoms with E-state index in [1.807, 2.05) is 25.1 Å². The topological polar surface area (TPSA) is 80.3 Å². The second kappa shape index (κ2) is 6.21. The van der Waals surface area contributed by atoms with Crippen LogP contribution in [0.4, 0.5) is 4.79 Å². The fourth-order valence-electron chi connectivity index (χ4n) is 1.96. The summed E-state index contributed by atoms with van der Waals surface area (Å²) in [7, 11) is 0. The Kier molecular flexibility index (Phi) is 4.37. The smallest absolute Gasteiger partial charge is 0.426 e. The number of aromatic nitrogens is 1. The average Bonchev–Trinajstić information content (AvgIpc) is 2.45. The summed E-state index contributed by atoms with van der Waals surface area (Å²) in [6, 6.07) is 7.59. The Labute approximate surface area is 122 Å². The molecule has 0 aliphatic rings. The molecule has 2 aromatic rings. The highest BCUT2D eigenvalue weighted by Gasteiger charge is 2.12. The summed E-state index contributed by atoms with van der Waals surface area (Å²) in [6.07, 6.45) is -0.701. The second-order valence-electron chi connectivity index (χ2n) is 4.62. The summed E-state index contributed by atoms with van der Waals surface area (Å²) in [5.74, 6) is -0.434. The number of hydrogen-bond donors (Lipinski definition) is 2. The summed E-state index contributed by atoms with van der Waals surface area (Å²) in [6.45, 7) is 5.64. The molecule has 21 heavy (non-hydrogen) atoms. The Morgan fingerprint density at radius 1 is 1.19 bits per heavy atom. The summed E-state index contributed by atoms with van der Waals surface area (Å²) >= 11 is 0. The van der Waals surface area contributed by atoms with Crippen LogP contribution < -0.4 is 10.9 Å². The van der Waals surface area contributed by atoms with Gasteiger partial charge in [0.25, 0.3) is 5.91 Å². The quantitative estimate of drug-likeness (QED) is 0.830. The first-order chi connectivity index (χ1) is 10.0. The van der Waals surface area contributed by atoms with Crippen LogP contribution >= 0.6 is 0 Å². The van der Waals surface area contributed by atoms with Gasteiger partial charge in [0.15, 0.2) is 0 Å². The van der Waals surface area contributed by atoms with Gasteiger partial charge in [0.05, 0.1) is 23.4 Å². The molecule has 0 fully saturated rings. The van der Waals surface area contributed by atoms with Crippen molar-refractivity contribution in [1.82, 2.24) is 15.8 Å². The minimum atomic E-state index is -0.701.